The summed E-state index contributed by atoms with van der Waals surface area (Å²) in [6.07, 6.45) is 4.15. The molecule has 1 N–H and O–H groups in total. The van der Waals surface area contributed by atoms with Crippen molar-refractivity contribution >= 4 is 39.0 Å². The molecular formula is C20H21FN4OS. The van der Waals surface area contributed by atoms with Crippen molar-refractivity contribution in [2.75, 3.05) is 23.3 Å². The van der Waals surface area contributed by atoms with E-state index in [0.717, 1.165) is 48.4 Å². The third-order valence-electron chi connectivity index (χ3n) is 4.98. The molecule has 4 rings (SSSR count). The number of carbonyl (C=O) groups excluding carboxylic acids is 1. The van der Waals surface area contributed by atoms with Crippen LogP contribution >= 0.6 is 11.3 Å². The van der Waals surface area contributed by atoms with Crippen molar-refractivity contribution in [1.82, 2.24) is 9.97 Å². The highest BCUT2D eigenvalue weighted by Gasteiger charge is 2.27. The summed E-state index contributed by atoms with van der Waals surface area (Å²) in [5.41, 5.74) is 0.631. The zero-order valence-electron chi connectivity index (χ0n) is 15.1. The lowest BCUT2D eigenvalue weighted by atomic mass is 9.95. The lowest BCUT2D eigenvalue weighted by molar-refractivity contribution is -0.120. The van der Waals surface area contributed by atoms with Gasteiger partial charge in [-0.25, -0.2) is 14.4 Å². The van der Waals surface area contributed by atoms with Crippen molar-refractivity contribution in [2.24, 2.45) is 5.92 Å². The minimum Gasteiger partial charge on any atom is -0.356 e. The molecule has 0 spiro atoms. The van der Waals surface area contributed by atoms with Crippen LogP contribution in [0, 0.1) is 11.7 Å². The SMILES string of the molecule is CCc1cc2c(N3CCC(C(=O)Nc4ccc(F)cc4)CC3)ncnc2s1. The van der Waals surface area contributed by atoms with E-state index in [1.807, 2.05) is 0 Å². The molecule has 1 aromatic carbocycles. The summed E-state index contributed by atoms with van der Waals surface area (Å²) in [5, 5.41) is 3.99. The molecule has 0 saturated carbocycles. The van der Waals surface area contributed by atoms with E-state index in [0.29, 0.717) is 5.69 Å². The summed E-state index contributed by atoms with van der Waals surface area (Å²) in [5.74, 6) is 0.612. The number of nitrogens with zero attached hydrogens (tertiary/aromatic N) is 3. The smallest absolute Gasteiger partial charge is 0.227 e. The van der Waals surface area contributed by atoms with E-state index >= 15 is 0 Å². The van der Waals surface area contributed by atoms with Crippen molar-refractivity contribution in [2.45, 2.75) is 26.2 Å². The number of piperidine rings is 1. The Labute approximate surface area is 161 Å². The van der Waals surface area contributed by atoms with Gasteiger partial charge in [-0.1, -0.05) is 6.92 Å². The second kappa shape index (κ2) is 7.60. The number of fused-ring (bicyclic) bond motifs is 1. The fourth-order valence-corrected chi connectivity index (χ4v) is 4.38. The largest absolute Gasteiger partial charge is 0.356 e. The molecule has 1 amide bonds. The number of thiophene rings is 1. The molecule has 7 heteroatoms. The van der Waals surface area contributed by atoms with E-state index in [1.54, 1.807) is 29.8 Å². The highest BCUT2D eigenvalue weighted by Crippen LogP contribution is 2.32. The van der Waals surface area contributed by atoms with Gasteiger partial charge in [-0.2, -0.15) is 0 Å². The van der Waals surface area contributed by atoms with Crippen molar-refractivity contribution in [3.8, 4) is 0 Å². The van der Waals surface area contributed by atoms with Gasteiger partial charge < -0.3 is 10.2 Å². The van der Waals surface area contributed by atoms with Gasteiger partial charge in [0.2, 0.25) is 5.91 Å². The maximum atomic E-state index is 13.0. The van der Waals surface area contributed by atoms with Gasteiger partial charge in [0, 0.05) is 29.6 Å². The van der Waals surface area contributed by atoms with Gasteiger partial charge in [-0.15, -0.1) is 11.3 Å². The standard InChI is InChI=1S/C20H21FN4OS/c1-2-16-11-17-18(22-12-23-20(17)27-16)25-9-7-13(8-10-25)19(26)24-15-5-3-14(21)4-6-15/h3-6,11-13H,2,7-10H2,1H3,(H,24,26). The molecule has 0 unspecified atom stereocenters. The fraction of sp³-hybridized carbons (Fsp3) is 0.350. The Bertz CT molecular complexity index is 948. The Morgan fingerprint density at radius 2 is 2.00 bits per heavy atom. The van der Waals surface area contributed by atoms with Gasteiger partial charge in [0.05, 0.1) is 5.39 Å². The summed E-state index contributed by atoms with van der Waals surface area (Å²) < 4.78 is 13.0. The first-order valence-corrected chi connectivity index (χ1v) is 10.0. The number of anilines is 2. The quantitative estimate of drug-likeness (QED) is 0.731. The van der Waals surface area contributed by atoms with Gasteiger partial charge in [0.15, 0.2) is 0 Å². The average molecular weight is 384 g/mol. The highest BCUT2D eigenvalue weighted by atomic mass is 32.1. The number of aryl methyl sites for hydroxylation is 1. The summed E-state index contributed by atoms with van der Waals surface area (Å²) >= 11 is 1.71. The zero-order chi connectivity index (χ0) is 18.8. The molecule has 1 fully saturated rings. The predicted octanol–water partition coefficient (Wildman–Crippen LogP) is 4.25. The number of carbonyl (C=O) groups is 1. The molecule has 3 heterocycles. The molecule has 140 valence electrons. The average Bonchev–Trinajstić information content (AvgIpc) is 3.13. The molecule has 1 aliphatic heterocycles. The van der Waals surface area contributed by atoms with Gasteiger partial charge in [-0.3, -0.25) is 4.79 Å². The van der Waals surface area contributed by atoms with E-state index in [2.05, 4.69) is 33.2 Å². The molecular weight excluding hydrogens is 363 g/mol. The second-order valence-electron chi connectivity index (χ2n) is 6.74. The van der Waals surface area contributed by atoms with Crippen LogP contribution in [0.4, 0.5) is 15.9 Å². The molecule has 0 aliphatic carbocycles. The lowest BCUT2D eigenvalue weighted by Crippen LogP contribution is -2.38. The van der Waals surface area contributed by atoms with Gasteiger partial charge in [-0.05, 0) is 49.6 Å². The van der Waals surface area contributed by atoms with E-state index in [4.69, 9.17) is 0 Å². The Morgan fingerprint density at radius 1 is 1.26 bits per heavy atom. The molecule has 5 nitrogen and oxygen atoms in total. The van der Waals surface area contributed by atoms with Crippen LogP contribution in [0.15, 0.2) is 36.7 Å². The van der Waals surface area contributed by atoms with E-state index < -0.39 is 0 Å². The topological polar surface area (TPSA) is 58.1 Å². The highest BCUT2D eigenvalue weighted by molar-refractivity contribution is 7.18. The van der Waals surface area contributed by atoms with Crippen LogP contribution in [0.3, 0.4) is 0 Å². The number of amides is 1. The molecule has 0 bridgehead atoms. The first-order valence-electron chi connectivity index (χ1n) is 9.19. The number of hydrogen-bond acceptors (Lipinski definition) is 5. The molecule has 0 atom stereocenters. The minimum atomic E-state index is -0.308. The fourth-order valence-electron chi connectivity index (χ4n) is 3.45. The lowest BCUT2D eigenvalue weighted by Gasteiger charge is -2.32. The van der Waals surface area contributed by atoms with Crippen LogP contribution < -0.4 is 10.2 Å². The van der Waals surface area contributed by atoms with Crippen molar-refractivity contribution in [3.63, 3.8) is 0 Å². The Balaban J connectivity index is 1.42. The van der Waals surface area contributed by atoms with Crippen LogP contribution in [0.25, 0.3) is 10.2 Å². The zero-order valence-corrected chi connectivity index (χ0v) is 15.9. The monoisotopic (exact) mass is 384 g/mol. The number of aromatic nitrogens is 2. The van der Waals surface area contributed by atoms with E-state index in [1.165, 1.54) is 17.0 Å². The molecule has 3 aromatic rings. The van der Waals surface area contributed by atoms with Crippen LogP contribution in [-0.2, 0) is 11.2 Å². The number of nitrogens with one attached hydrogen (secondary N) is 1. The predicted molar refractivity (Wildman–Crippen MR) is 107 cm³/mol. The summed E-state index contributed by atoms with van der Waals surface area (Å²) in [6, 6.07) is 8.06. The van der Waals surface area contributed by atoms with Crippen LogP contribution in [0.1, 0.15) is 24.6 Å². The number of halogens is 1. The first kappa shape index (κ1) is 17.9. The Kier molecular flexibility index (Phi) is 5.03. The maximum Gasteiger partial charge on any atom is 0.227 e. The van der Waals surface area contributed by atoms with Crippen LogP contribution in [0.5, 0.6) is 0 Å². The molecule has 0 radical (unpaired) electrons. The van der Waals surface area contributed by atoms with Crippen LogP contribution in [-0.4, -0.2) is 29.0 Å². The minimum absolute atomic E-state index is 0.00195. The third kappa shape index (κ3) is 3.78. The Hall–Kier alpha value is -2.54. The van der Waals surface area contributed by atoms with Gasteiger partial charge in [0.25, 0.3) is 0 Å². The Morgan fingerprint density at radius 3 is 2.70 bits per heavy atom. The summed E-state index contributed by atoms with van der Waals surface area (Å²) in [7, 11) is 0. The number of benzene rings is 1. The van der Waals surface area contributed by atoms with Crippen molar-refractivity contribution in [3.05, 3.63) is 47.4 Å². The summed E-state index contributed by atoms with van der Waals surface area (Å²) in [4.78, 5) is 26.0. The van der Waals surface area contributed by atoms with Crippen molar-refractivity contribution < 1.29 is 9.18 Å². The van der Waals surface area contributed by atoms with Gasteiger partial charge >= 0.3 is 0 Å². The molecule has 1 saturated heterocycles. The van der Waals surface area contributed by atoms with E-state index in [-0.39, 0.29) is 17.6 Å². The third-order valence-corrected chi connectivity index (χ3v) is 6.17. The summed E-state index contributed by atoms with van der Waals surface area (Å²) in [6.45, 7) is 3.71. The van der Waals surface area contributed by atoms with Crippen LogP contribution in [0.2, 0.25) is 0 Å². The number of rotatable bonds is 4. The molecule has 2 aromatic heterocycles. The maximum absolute atomic E-state index is 13.0. The van der Waals surface area contributed by atoms with Crippen molar-refractivity contribution in [1.29, 1.82) is 0 Å². The molecule has 1 aliphatic rings. The first-order chi connectivity index (χ1) is 13.1. The second-order valence-corrected chi connectivity index (χ2v) is 7.86. The molecule has 27 heavy (non-hydrogen) atoms. The van der Waals surface area contributed by atoms with E-state index in [9.17, 15) is 9.18 Å². The number of hydrogen-bond donors (Lipinski definition) is 1. The normalized spacial score (nSPS) is 15.3. The van der Waals surface area contributed by atoms with Gasteiger partial charge in [0.1, 0.15) is 22.8 Å².